The molecule has 2 rings (SSSR count). The highest BCUT2D eigenvalue weighted by Gasteiger charge is 2.38. The monoisotopic (exact) mass is 293 g/mol. The number of amides is 1. The van der Waals surface area contributed by atoms with E-state index in [4.69, 9.17) is 9.84 Å². The minimum absolute atomic E-state index is 0.0697. The van der Waals surface area contributed by atoms with Crippen molar-refractivity contribution in [1.82, 2.24) is 4.90 Å². The zero-order chi connectivity index (χ0) is 15.4. The zero-order valence-electron chi connectivity index (χ0n) is 11.9. The predicted molar refractivity (Wildman–Crippen MR) is 75.1 cm³/mol. The number of β-amino-alcohol motifs (C(OH)–C–C–N with tert-alkyl or cyclic N) is 1. The van der Waals surface area contributed by atoms with E-state index in [1.165, 1.54) is 4.90 Å². The molecule has 1 amide bonds. The quantitative estimate of drug-likeness (QED) is 0.839. The van der Waals surface area contributed by atoms with Crippen molar-refractivity contribution in [3.8, 4) is 5.75 Å². The Balaban J connectivity index is 1.85. The van der Waals surface area contributed by atoms with Crippen LogP contribution in [0.4, 0.5) is 0 Å². The van der Waals surface area contributed by atoms with Gasteiger partial charge in [0.15, 0.2) is 0 Å². The standard InChI is InChI=1S/C15H19NO5/c1-10-3-2-4-12(7-10)21-6-5-14(18)16-9-11(17)8-13(16)15(19)20/h2-4,7,11,13,17H,5-6,8-9H2,1H3,(H,19,20). The Hall–Kier alpha value is -2.08. The molecule has 2 unspecified atom stereocenters. The molecule has 0 aromatic heterocycles. The van der Waals surface area contributed by atoms with Gasteiger partial charge in [0.25, 0.3) is 0 Å². The van der Waals surface area contributed by atoms with E-state index in [2.05, 4.69) is 0 Å². The molecule has 0 aliphatic carbocycles. The summed E-state index contributed by atoms with van der Waals surface area (Å²) in [6, 6.07) is 6.54. The van der Waals surface area contributed by atoms with E-state index in [-0.39, 0.29) is 31.9 Å². The first-order valence-corrected chi connectivity index (χ1v) is 6.87. The molecule has 0 spiro atoms. The SMILES string of the molecule is Cc1cccc(OCCC(=O)N2CC(O)CC2C(=O)O)c1. The van der Waals surface area contributed by atoms with E-state index in [0.717, 1.165) is 5.56 Å². The summed E-state index contributed by atoms with van der Waals surface area (Å²) in [5.74, 6) is -0.717. The number of aliphatic carboxylic acids is 1. The van der Waals surface area contributed by atoms with E-state index in [1.54, 1.807) is 6.07 Å². The number of benzene rings is 1. The Morgan fingerprint density at radius 3 is 2.86 bits per heavy atom. The number of carboxylic acids is 1. The molecule has 2 N–H and O–H groups in total. The van der Waals surface area contributed by atoms with Gasteiger partial charge in [-0.2, -0.15) is 0 Å². The van der Waals surface area contributed by atoms with E-state index >= 15 is 0 Å². The van der Waals surface area contributed by atoms with Crippen molar-refractivity contribution >= 4 is 11.9 Å². The molecule has 2 atom stereocenters. The van der Waals surface area contributed by atoms with Crippen LogP contribution in [0.5, 0.6) is 5.75 Å². The van der Waals surface area contributed by atoms with Crippen LogP contribution < -0.4 is 4.74 Å². The van der Waals surface area contributed by atoms with E-state index in [0.29, 0.717) is 5.75 Å². The van der Waals surface area contributed by atoms with Gasteiger partial charge in [-0.15, -0.1) is 0 Å². The van der Waals surface area contributed by atoms with Crippen LogP contribution in [0.2, 0.25) is 0 Å². The Labute approximate surface area is 122 Å². The van der Waals surface area contributed by atoms with Gasteiger partial charge in [-0.25, -0.2) is 4.79 Å². The van der Waals surface area contributed by atoms with Gasteiger partial charge in [0.05, 0.1) is 19.1 Å². The normalized spacial score (nSPS) is 21.3. The average Bonchev–Trinajstić information content (AvgIpc) is 2.81. The largest absolute Gasteiger partial charge is 0.493 e. The number of ether oxygens (including phenoxy) is 1. The summed E-state index contributed by atoms with van der Waals surface area (Å²) in [5, 5.41) is 18.6. The molecule has 1 aliphatic rings. The maximum Gasteiger partial charge on any atom is 0.326 e. The van der Waals surface area contributed by atoms with E-state index in [1.807, 2.05) is 25.1 Å². The van der Waals surface area contributed by atoms with Gasteiger partial charge in [-0.05, 0) is 24.6 Å². The number of carbonyl (C=O) groups excluding carboxylic acids is 1. The fraction of sp³-hybridized carbons (Fsp3) is 0.467. The Morgan fingerprint density at radius 1 is 1.43 bits per heavy atom. The highest BCUT2D eigenvalue weighted by molar-refractivity contribution is 5.84. The molecule has 6 heteroatoms. The first kappa shape index (κ1) is 15.3. The van der Waals surface area contributed by atoms with Crippen molar-refractivity contribution in [2.75, 3.05) is 13.2 Å². The number of rotatable bonds is 5. The van der Waals surface area contributed by atoms with E-state index in [9.17, 15) is 14.7 Å². The van der Waals surface area contributed by atoms with Gasteiger partial charge in [0.1, 0.15) is 11.8 Å². The molecule has 114 valence electrons. The second-order valence-electron chi connectivity index (χ2n) is 5.20. The summed E-state index contributed by atoms with van der Waals surface area (Å²) in [6.07, 6.45) is -0.600. The smallest absolute Gasteiger partial charge is 0.326 e. The summed E-state index contributed by atoms with van der Waals surface area (Å²) in [6.45, 7) is 2.20. The summed E-state index contributed by atoms with van der Waals surface area (Å²) in [7, 11) is 0. The number of nitrogens with zero attached hydrogens (tertiary/aromatic N) is 1. The maximum absolute atomic E-state index is 12.0. The second kappa shape index (κ2) is 6.58. The fourth-order valence-corrected chi connectivity index (χ4v) is 2.43. The lowest BCUT2D eigenvalue weighted by atomic mass is 10.2. The fourth-order valence-electron chi connectivity index (χ4n) is 2.43. The van der Waals surface area contributed by atoms with Gasteiger partial charge in [0, 0.05) is 13.0 Å². The van der Waals surface area contributed by atoms with Crippen molar-refractivity contribution in [1.29, 1.82) is 0 Å². The number of carbonyl (C=O) groups is 2. The third-order valence-corrected chi connectivity index (χ3v) is 3.46. The predicted octanol–water partition coefficient (Wildman–Crippen LogP) is 0.810. The minimum Gasteiger partial charge on any atom is -0.493 e. The van der Waals surface area contributed by atoms with Gasteiger partial charge in [-0.1, -0.05) is 12.1 Å². The van der Waals surface area contributed by atoms with Gasteiger partial charge in [-0.3, -0.25) is 4.79 Å². The van der Waals surface area contributed by atoms with E-state index < -0.39 is 18.1 Å². The van der Waals surface area contributed by atoms with Crippen molar-refractivity contribution in [3.63, 3.8) is 0 Å². The minimum atomic E-state index is -1.08. The van der Waals surface area contributed by atoms with Gasteiger partial charge < -0.3 is 19.8 Å². The van der Waals surface area contributed by atoms with Crippen LogP contribution >= 0.6 is 0 Å². The van der Waals surface area contributed by atoms with Crippen LogP contribution in [0, 0.1) is 6.92 Å². The van der Waals surface area contributed by atoms with Crippen LogP contribution in [0.3, 0.4) is 0 Å². The summed E-state index contributed by atoms with van der Waals surface area (Å²) in [4.78, 5) is 24.3. The molecule has 1 saturated heterocycles. The maximum atomic E-state index is 12.0. The lowest BCUT2D eigenvalue weighted by molar-refractivity contribution is -0.148. The number of aliphatic hydroxyl groups excluding tert-OH is 1. The average molecular weight is 293 g/mol. The molecule has 0 radical (unpaired) electrons. The van der Waals surface area contributed by atoms with Crippen LogP contribution in [0.25, 0.3) is 0 Å². The summed E-state index contributed by atoms with van der Waals surface area (Å²) in [5.41, 5.74) is 1.06. The summed E-state index contributed by atoms with van der Waals surface area (Å²) < 4.78 is 5.48. The number of hydrogen-bond donors (Lipinski definition) is 2. The molecule has 1 aliphatic heterocycles. The third-order valence-electron chi connectivity index (χ3n) is 3.46. The topological polar surface area (TPSA) is 87.1 Å². The molecule has 6 nitrogen and oxygen atoms in total. The van der Waals surface area contributed by atoms with Crippen molar-refractivity contribution in [2.45, 2.75) is 31.9 Å². The number of aliphatic hydroxyl groups is 1. The summed E-state index contributed by atoms with van der Waals surface area (Å²) >= 11 is 0. The number of hydrogen-bond acceptors (Lipinski definition) is 4. The zero-order valence-corrected chi connectivity index (χ0v) is 11.9. The lowest BCUT2D eigenvalue weighted by Crippen LogP contribution is -2.41. The van der Waals surface area contributed by atoms with Crippen molar-refractivity contribution in [2.24, 2.45) is 0 Å². The van der Waals surface area contributed by atoms with Crippen molar-refractivity contribution in [3.05, 3.63) is 29.8 Å². The van der Waals surface area contributed by atoms with Crippen LogP contribution in [-0.4, -0.2) is 52.3 Å². The van der Waals surface area contributed by atoms with Crippen LogP contribution in [0.1, 0.15) is 18.4 Å². The molecular formula is C15H19NO5. The first-order valence-electron chi connectivity index (χ1n) is 6.87. The molecule has 0 bridgehead atoms. The molecule has 0 saturated carbocycles. The molecule has 1 aromatic rings. The molecule has 1 fully saturated rings. The number of carboxylic acid groups (broad SMARTS) is 1. The number of likely N-dealkylation sites (tertiary alicyclic amines) is 1. The molecule has 21 heavy (non-hydrogen) atoms. The molecular weight excluding hydrogens is 274 g/mol. The third kappa shape index (κ3) is 3.95. The van der Waals surface area contributed by atoms with Gasteiger partial charge in [0.2, 0.25) is 5.91 Å². The van der Waals surface area contributed by atoms with Crippen LogP contribution in [0.15, 0.2) is 24.3 Å². The molecule has 1 heterocycles. The Morgan fingerprint density at radius 2 is 2.19 bits per heavy atom. The highest BCUT2D eigenvalue weighted by atomic mass is 16.5. The van der Waals surface area contributed by atoms with Gasteiger partial charge >= 0.3 is 5.97 Å². The first-order chi connectivity index (χ1) is 9.97. The van der Waals surface area contributed by atoms with Crippen molar-refractivity contribution < 1.29 is 24.5 Å². The van der Waals surface area contributed by atoms with Crippen LogP contribution in [-0.2, 0) is 9.59 Å². The second-order valence-corrected chi connectivity index (χ2v) is 5.20. The highest BCUT2D eigenvalue weighted by Crippen LogP contribution is 2.19. The lowest BCUT2D eigenvalue weighted by Gasteiger charge is -2.21. The molecule has 1 aromatic carbocycles. The Bertz CT molecular complexity index is 531. The Kier molecular flexibility index (Phi) is 4.80. The number of aryl methyl sites for hydroxylation is 1.